The Labute approximate surface area is 115 Å². The number of aromatic nitrogens is 2. The van der Waals surface area contributed by atoms with Crippen LogP contribution in [0.1, 0.15) is 25.7 Å². The highest BCUT2D eigenvalue weighted by molar-refractivity contribution is 9.10. The lowest BCUT2D eigenvalue weighted by Crippen LogP contribution is -2.39. The van der Waals surface area contributed by atoms with Gasteiger partial charge in [-0.2, -0.15) is 5.10 Å². The summed E-state index contributed by atoms with van der Waals surface area (Å²) in [5.74, 6) is 0. The average molecular weight is 315 g/mol. The number of rotatable bonds is 2. The summed E-state index contributed by atoms with van der Waals surface area (Å²) in [5, 5.41) is 4.08. The number of anilines is 1. The molecule has 5 nitrogen and oxygen atoms in total. The second kappa shape index (κ2) is 5.40. The Kier molecular flexibility index (Phi) is 4.07. The van der Waals surface area contributed by atoms with E-state index in [1.807, 2.05) is 7.05 Å². The molecule has 1 aliphatic rings. The first-order chi connectivity index (χ1) is 8.50. The maximum atomic E-state index is 11.8. The highest BCUT2D eigenvalue weighted by Gasteiger charge is 2.24. The van der Waals surface area contributed by atoms with E-state index in [2.05, 4.69) is 25.9 Å². The van der Waals surface area contributed by atoms with E-state index in [0.717, 1.165) is 31.4 Å². The maximum absolute atomic E-state index is 11.8. The van der Waals surface area contributed by atoms with Gasteiger partial charge in [0.2, 0.25) is 0 Å². The molecule has 0 unspecified atom stereocenters. The van der Waals surface area contributed by atoms with Crippen molar-refractivity contribution in [1.82, 2.24) is 9.78 Å². The fourth-order valence-electron chi connectivity index (χ4n) is 2.43. The van der Waals surface area contributed by atoms with E-state index in [9.17, 15) is 4.79 Å². The van der Waals surface area contributed by atoms with E-state index in [1.165, 1.54) is 4.68 Å². The zero-order chi connectivity index (χ0) is 13.3. The summed E-state index contributed by atoms with van der Waals surface area (Å²) < 4.78 is 1.91. The van der Waals surface area contributed by atoms with Gasteiger partial charge in [0.1, 0.15) is 4.47 Å². The van der Waals surface area contributed by atoms with Crippen LogP contribution in [0.5, 0.6) is 0 Å². The van der Waals surface area contributed by atoms with Crippen LogP contribution in [0.4, 0.5) is 5.69 Å². The van der Waals surface area contributed by atoms with Crippen molar-refractivity contribution in [1.29, 1.82) is 0 Å². The Balaban J connectivity index is 2.21. The monoisotopic (exact) mass is 314 g/mol. The standard InChI is InChI=1S/C12H19BrN4O/c1-16(9-5-3-8(14)4-6-9)10-7-15-17(2)12(18)11(10)13/h7-9H,3-6,14H2,1-2H3. The molecule has 100 valence electrons. The Morgan fingerprint density at radius 1 is 1.44 bits per heavy atom. The van der Waals surface area contributed by atoms with Crippen molar-refractivity contribution < 1.29 is 0 Å². The summed E-state index contributed by atoms with van der Waals surface area (Å²) in [5.41, 5.74) is 6.67. The largest absolute Gasteiger partial charge is 0.369 e. The Hall–Kier alpha value is -0.880. The van der Waals surface area contributed by atoms with Gasteiger partial charge in [0.25, 0.3) is 5.56 Å². The fourth-order valence-corrected chi connectivity index (χ4v) is 3.07. The van der Waals surface area contributed by atoms with Gasteiger partial charge in [-0.05, 0) is 41.6 Å². The maximum Gasteiger partial charge on any atom is 0.282 e. The van der Waals surface area contributed by atoms with Gasteiger partial charge in [-0.25, -0.2) is 4.68 Å². The van der Waals surface area contributed by atoms with Gasteiger partial charge in [-0.15, -0.1) is 0 Å². The third-order valence-corrected chi connectivity index (χ3v) is 4.47. The van der Waals surface area contributed by atoms with Crippen LogP contribution >= 0.6 is 15.9 Å². The van der Waals surface area contributed by atoms with Gasteiger partial charge in [0, 0.05) is 26.2 Å². The number of aryl methyl sites for hydroxylation is 1. The lowest BCUT2D eigenvalue weighted by atomic mass is 9.91. The molecule has 1 saturated carbocycles. The smallest absolute Gasteiger partial charge is 0.282 e. The number of hydrogen-bond acceptors (Lipinski definition) is 4. The number of nitrogens with zero attached hydrogens (tertiary/aromatic N) is 3. The number of nitrogens with two attached hydrogens (primary N) is 1. The molecular weight excluding hydrogens is 296 g/mol. The first-order valence-corrected chi connectivity index (χ1v) is 7.00. The normalized spacial score (nSPS) is 24.0. The third-order valence-electron chi connectivity index (χ3n) is 3.73. The quantitative estimate of drug-likeness (QED) is 0.892. The molecule has 2 rings (SSSR count). The molecule has 1 aromatic rings. The lowest BCUT2D eigenvalue weighted by Gasteiger charge is -2.35. The average Bonchev–Trinajstić information content (AvgIpc) is 2.36. The summed E-state index contributed by atoms with van der Waals surface area (Å²) in [6, 6.07) is 0.773. The van der Waals surface area contributed by atoms with Crippen LogP contribution in [0.2, 0.25) is 0 Å². The van der Waals surface area contributed by atoms with Gasteiger partial charge in [0.15, 0.2) is 0 Å². The predicted molar refractivity (Wildman–Crippen MR) is 75.8 cm³/mol. The van der Waals surface area contributed by atoms with E-state index in [0.29, 0.717) is 16.6 Å². The van der Waals surface area contributed by atoms with Gasteiger partial charge in [0.05, 0.1) is 11.9 Å². The zero-order valence-electron chi connectivity index (χ0n) is 10.8. The summed E-state index contributed by atoms with van der Waals surface area (Å²) in [4.78, 5) is 14.0. The van der Waals surface area contributed by atoms with Crippen molar-refractivity contribution in [3.05, 3.63) is 21.0 Å². The summed E-state index contributed by atoms with van der Waals surface area (Å²) in [6.45, 7) is 0. The molecule has 0 aromatic carbocycles. The topological polar surface area (TPSA) is 64.2 Å². The van der Waals surface area contributed by atoms with E-state index >= 15 is 0 Å². The SMILES string of the molecule is CN(c1cnn(C)c(=O)c1Br)C1CCC(N)CC1. The van der Waals surface area contributed by atoms with Gasteiger partial charge in [-0.3, -0.25) is 4.79 Å². The second-order valence-corrected chi connectivity index (χ2v) is 5.75. The molecule has 1 fully saturated rings. The fraction of sp³-hybridized carbons (Fsp3) is 0.667. The molecule has 6 heteroatoms. The van der Waals surface area contributed by atoms with Crippen molar-refractivity contribution in [2.24, 2.45) is 12.8 Å². The van der Waals surface area contributed by atoms with Gasteiger partial charge >= 0.3 is 0 Å². The van der Waals surface area contributed by atoms with Crippen LogP contribution in [0.3, 0.4) is 0 Å². The summed E-state index contributed by atoms with van der Waals surface area (Å²) >= 11 is 3.37. The Morgan fingerprint density at radius 3 is 2.67 bits per heavy atom. The minimum Gasteiger partial charge on any atom is -0.369 e. The Bertz CT molecular complexity index is 479. The van der Waals surface area contributed by atoms with Crippen molar-refractivity contribution in [2.45, 2.75) is 37.8 Å². The highest BCUT2D eigenvalue weighted by Crippen LogP contribution is 2.28. The van der Waals surface area contributed by atoms with E-state index in [1.54, 1.807) is 13.2 Å². The molecule has 0 aliphatic heterocycles. The zero-order valence-corrected chi connectivity index (χ0v) is 12.4. The van der Waals surface area contributed by atoms with Crippen LogP contribution in [-0.2, 0) is 7.05 Å². The van der Waals surface area contributed by atoms with Gasteiger partial charge < -0.3 is 10.6 Å². The summed E-state index contributed by atoms with van der Waals surface area (Å²) in [7, 11) is 3.67. The molecule has 0 saturated heterocycles. The molecule has 0 atom stereocenters. The molecule has 2 N–H and O–H groups in total. The molecular formula is C12H19BrN4O. The molecule has 18 heavy (non-hydrogen) atoms. The number of halogens is 1. The summed E-state index contributed by atoms with van der Waals surface area (Å²) in [6.07, 6.45) is 5.97. The van der Waals surface area contributed by atoms with Crippen LogP contribution < -0.4 is 16.2 Å². The molecule has 1 aromatic heterocycles. The molecule has 1 heterocycles. The first kappa shape index (κ1) is 13.5. The molecule has 0 spiro atoms. The molecule has 0 amide bonds. The number of hydrogen-bond donors (Lipinski definition) is 1. The van der Waals surface area contributed by atoms with E-state index in [-0.39, 0.29) is 5.56 Å². The van der Waals surface area contributed by atoms with Crippen LogP contribution in [-0.4, -0.2) is 28.9 Å². The van der Waals surface area contributed by atoms with Crippen molar-refractivity contribution in [3.8, 4) is 0 Å². The second-order valence-electron chi connectivity index (χ2n) is 4.95. The van der Waals surface area contributed by atoms with E-state index in [4.69, 9.17) is 5.73 Å². The van der Waals surface area contributed by atoms with Crippen molar-refractivity contribution in [2.75, 3.05) is 11.9 Å². The molecule has 0 radical (unpaired) electrons. The molecule has 0 bridgehead atoms. The van der Waals surface area contributed by atoms with Crippen molar-refractivity contribution in [3.63, 3.8) is 0 Å². The third kappa shape index (κ3) is 2.59. The minimum atomic E-state index is -0.105. The lowest BCUT2D eigenvalue weighted by molar-refractivity contribution is 0.384. The van der Waals surface area contributed by atoms with Gasteiger partial charge in [-0.1, -0.05) is 0 Å². The Morgan fingerprint density at radius 2 is 2.06 bits per heavy atom. The predicted octanol–water partition coefficient (Wildman–Crippen LogP) is 1.25. The first-order valence-electron chi connectivity index (χ1n) is 6.21. The van der Waals surface area contributed by atoms with Crippen LogP contribution in [0.25, 0.3) is 0 Å². The highest BCUT2D eigenvalue weighted by atomic mass is 79.9. The van der Waals surface area contributed by atoms with Crippen LogP contribution in [0, 0.1) is 0 Å². The van der Waals surface area contributed by atoms with Crippen LogP contribution in [0.15, 0.2) is 15.5 Å². The van der Waals surface area contributed by atoms with E-state index < -0.39 is 0 Å². The van der Waals surface area contributed by atoms with Crippen molar-refractivity contribution >= 4 is 21.6 Å². The molecule has 1 aliphatic carbocycles. The minimum absolute atomic E-state index is 0.105.